The first kappa shape index (κ1) is 28.1. The number of carbonyl (C=O) groups excluding carboxylic acids is 2. The molecule has 1 amide bonds. The Bertz CT molecular complexity index is 1250. The Hall–Kier alpha value is -2.95. The molecule has 1 heterocycles. The third kappa shape index (κ3) is 7.33. The van der Waals surface area contributed by atoms with Crippen molar-refractivity contribution in [2.45, 2.75) is 50.8 Å². The van der Waals surface area contributed by atoms with Crippen LogP contribution in [-0.4, -0.2) is 69.9 Å². The number of nitrogens with one attached hydrogen (secondary N) is 2. The lowest BCUT2D eigenvalue weighted by molar-refractivity contribution is -0.121. The predicted octanol–water partition coefficient (Wildman–Crippen LogP) is 2.14. The van der Waals surface area contributed by atoms with Crippen molar-refractivity contribution in [3.63, 3.8) is 0 Å². The van der Waals surface area contributed by atoms with Gasteiger partial charge in [-0.25, -0.2) is 8.42 Å². The van der Waals surface area contributed by atoms with E-state index in [1.807, 2.05) is 30.3 Å². The first-order valence-corrected chi connectivity index (χ1v) is 14.9. The highest BCUT2D eigenvalue weighted by atomic mass is 32.2. The minimum Gasteiger partial charge on any atom is -0.493 e. The lowest BCUT2D eigenvalue weighted by Gasteiger charge is -2.33. The van der Waals surface area contributed by atoms with Crippen LogP contribution in [0.5, 0.6) is 5.75 Å². The van der Waals surface area contributed by atoms with E-state index in [1.54, 1.807) is 12.1 Å². The summed E-state index contributed by atoms with van der Waals surface area (Å²) in [6.45, 7) is 3.12. The smallest absolute Gasteiger partial charge is 0.251 e. The lowest BCUT2D eigenvalue weighted by Crippen LogP contribution is -2.56. The number of sulfonamides is 1. The number of ether oxygens (including phenoxy) is 1. The highest BCUT2D eigenvalue weighted by molar-refractivity contribution is 7.92. The maximum Gasteiger partial charge on any atom is 0.251 e. The van der Waals surface area contributed by atoms with E-state index < -0.39 is 34.1 Å². The summed E-state index contributed by atoms with van der Waals surface area (Å²) in [5.74, 6) is 1.03. The molecule has 0 bridgehead atoms. The summed E-state index contributed by atoms with van der Waals surface area (Å²) < 4.78 is 31.5. The van der Waals surface area contributed by atoms with Gasteiger partial charge in [0.15, 0.2) is 0 Å². The summed E-state index contributed by atoms with van der Waals surface area (Å²) >= 11 is 0. The summed E-state index contributed by atoms with van der Waals surface area (Å²) in [6.07, 6.45) is 2.12. The Morgan fingerprint density at radius 2 is 1.95 bits per heavy atom. The van der Waals surface area contributed by atoms with Gasteiger partial charge in [-0.15, -0.1) is 0 Å². The minimum absolute atomic E-state index is 0.0703. The van der Waals surface area contributed by atoms with E-state index in [0.29, 0.717) is 49.3 Å². The molecule has 10 heteroatoms. The Balaban J connectivity index is 1.59. The largest absolute Gasteiger partial charge is 0.493 e. The van der Waals surface area contributed by atoms with Crippen LogP contribution in [0.4, 0.5) is 5.69 Å². The number of rotatable bonds is 11. The molecule has 9 nitrogen and oxygen atoms in total. The van der Waals surface area contributed by atoms with Gasteiger partial charge >= 0.3 is 0 Å². The van der Waals surface area contributed by atoms with Crippen LogP contribution in [0.3, 0.4) is 0 Å². The van der Waals surface area contributed by atoms with Crippen LogP contribution in [0, 0.1) is 11.8 Å². The number of aliphatic hydroxyl groups is 1. The Labute approximate surface area is 224 Å². The van der Waals surface area contributed by atoms with Crippen LogP contribution in [0.15, 0.2) is 48.5 Å². The van der Waals surface area contributed by atoms with Crippen LogP contribution < -0.4 is 19.7 Å². The fraction of sp³-hybridized carbons (Fsp3) is 0.500. The molecule has 38 heavy (non-hydrogen) atoms. The van der Waals surface area contributed by atoms with E-state index >= 15 is 0 Å². The molecule has 3 N–H and O–H groups in total. The molecule has 2 aromatic rings. The molecule has 1 saturated heterocycles. The molecule has 206 valence electrons. The number of amides is 1. The summed E-state index contributed by atoms with van der Waals surface area (Å²) in [6, 6.07) is 13.0. The second kappa shape index (κ2) is 11.8. The van der Waals surface area contributed by atoms with E-state index in [-0.39, 0.29) is 17.8 Å². The number of anilines is 1. The van der Waals surface area contributed by atoms with E-state index in [1.165, 1.54) is 13.1 Å². The molecule has 0 spiro atoms. The lowest BCUT2D eigenvalue weighted by atomic mass is 9.91. The second-order valence-electron chi connectivity index (χ2n) is 10.5. The number of benzene rings is 2. The van der Waals surface area contributed by atoms with Crippen LogP contribution >= 0.6 is 0 Å². The summed E-state index contributed by atoms with van der Waals surface area (Å²) in [4.78, 5) is 25.6. The third-order valence-electron chi connectivity index (χ3n) is 7.45. The topological polar surface area (TPSA) is 125 Å². The van der Waals surface area contributed by atoms with Crippen molar-refractivity contribution < 1.29 is 27.9 Å². The number of hydrogen-bond acceptors (Lipinski definition) is 7. The highest BCUT2D eigenvalue weighted by Gasteiger charge is 2.34. The first-order valence-electron chi connectivity index (χ1n) is 13.0. The Morgan fingerprint density at radius 1 is 1.24 bits per heavy atom. The minimum atomic E-state index is -3.57. The van der Waals surface area contributed by atoms with Crippen molar-refractivity contribution in [1.82, 2.24) is 10.6 Å². The molecule has 5 unspecified atom stereocenters. The van der Waals surface area contributed by atoms with E-state index in [0.717, 1.165) is 22.5 Å². The van der Waals surface area contributed by atoms with Crippen molar-refractivity contribution in [2.75, 3.05) is 30.8 Å². The summed E-state index contributed by atoms with van der Waals surface area (Å²) in [5.41, 5.74) is 1.45. The maximum atomic E-state index is 13.5. The van der Waals surface area contributed by atoms with Gasteiger partial charge in [-0.05, 0) is 42.4 Å². The van der Waals surface area contributed by atoms with Crippen molar-refractivity contribution in [3.8, 4) is 5.75 Å². The molecule has 2 fully saturated rings. The van der Waals surface area contributed by atoms with Crippen LogP contribution in [0.1, 0.15) is 42.1 Å². The number of carbonyl (C=O) groups is 2. The number of aliphatic hydroxyl groups excluding tert-OH is 1. The van der Waals surface area contributed by atoms with Crippen LogP contribution in [0.2, 0.25) is 0 Å². The molecular formula is C28H37N3O6S. The van der Waals surface area contributed by atoms with Gasteiger partial charge in [0.25, 0.3) is 5.91 Å². The molecule has 1 saturated carbocycles. The SMILES string of the molecule is CC1CC1COc1cc(C(=O)NC(Cc2ccccc2)C(O)C2CC(=O)CCN2)cc(N(C)S(C)(=O)=O)c1. The van der Waals surface area contributed by atoms with Crippen molar-refractivity contribution in [3.05, 3.63) is 59.7 Å². The zero-order valence-electron chi connectivity index (χ0n) is 22.1. The molecule has 0 aromatic heterocycles. The molecule has 4 rings (SSSR count). The second-order valence-corrected chi connectivity index (χ2v) is 12.6. The fourth-order valence-electron chi connectivity index (χ4n) is 4.72. The predicted molar refractivity (Wildman–Crippen MR) is 146 cm³/mol. The van der Waals surface area contributed by atoms with Gasteiger partial charge in [-0.2, -0.15) is 0 Å². The van der Waals surface area contributed by atoms with Gasteiger partial charge in [-0.1, -0.05) is 37.3 Å². The number of nitrogens with zero attached hydrogens (tertiary/aromatic N) is 1. The Kier molecular flexibility index (Phi) is 8.74. The molecule has 2 aliphatic rings. The van der Waals surface area contributed by atoms with Gasteiger partial charge in [0.2, 0.25) is 10.0 Å². The van der Waals surface area contributed by atoms with E-state index in [2.05, 4.69) is 17.6 Å². The highest BCUT2D eigenvalue weighted by Crippen LogP contribution is 2.38. The number of ketones is 1. The van der Waals surface area contributed by atoms with Crippen LogP contribution in [-0.2, 0) is 21.2 Å². The third-order valence-corrected chi connectivity index (χ3v) is 8.66. The van der Waals surface area contributed by atoms with Gasteiger partial charge < -0.3 is 20.5 Å². The zero-order valence-corrected chi connectivity index (χ0v) is 22.9. The average molecular weight is 544 g/mol. The quantitative estimate of drug-likeness (QED) is 0.397. The summed E-state index contributed by atoms with van der Waals surface area (Å²) in [7, 11) is -2.15. The fourth-order valence-corrected chi connectivity index (χ4v) is 5.21. The van der Waals surface area contributed by atoms with Crippen molar-refractivity contribution in [1.29, 1.82) is 0 Å². The molecule has 2 aromatic carbocycles. The molecular weight excluding hydrogens is 506 g/mol. The zero-order chi connectivity index (χ0) is 27.4. The maximum absolute atomic E-state index is 13.5. The molecule has 1 aliphatic carbocycles. The summed E-state index contributed by atoms with van der Waals surface area (Å²) in [5, 5.41) is 17.4. The van der Waals surface area contributed by atoms with Crippen molar-refractivity contribution >= 4 is 27.4 Å². The van der Waals surface area contributed by atoms with E-state index in [9.17, 15) is 23.1 Å². The van der Waals surface area contributed by atoms with Gasteiger partial charge in [0.1, 0.15) is 11.5 Å². The number of Topliss-reactive ketones (excluding diaryl/α,β-unsaturated/α-hetero) is 1. The molecule has 5 atom stereocenters. The first-order chi connectivity index (χ1) is 18.0. The monoisotopic (exact) mass is 543 g/mol. The normalized spacial score (nSPS) is 22.8. The standard InChI is InChI=1S/C28H37N3O6S/c1-18-11-21(18)17-37-24-14-20(13-22(15-24)31(2)38(3,35)36)28(34)30-26(12-19-7-5-4-6-8-19)27(33)25-16-23(32)9-10-29-25/h4-8,13-15,18,21,25-27,29,33H,9-12,16-17H2,1-3H3,(H,30,34). The number of hydrogen-bond donors (Lipinski definition) is 3. The van der Waals surface area contributed by atoms with Crippen molar-refractivity contribution in [2.24, 2.45) is 11.8 Å². The van der Waals surface area contributed by atoms with Gasteiger partial charge in [0, 0.05) is 44.1 Å². The molecule has 1 aliphatic heterocycles. The average Bonchev–Trinajstić information content (AvgIpc) is 3.60. The van der Waals surface area contributed by atoms with Crippen LogP contribution in [0.25, 0.3) is 0 Å². The van der Waals surface area contributed by atoms with Gasteiger partial charge in [-0.3, -0.25) is 13.9 Å². The Morgan fingerprint density at radius 3 is 2.58 bits per heavy atom. The van der Waals surface area contributed by atoms with E-state index in [4.69, 9.17) is 4.74 Å². The molecule has 0 radical (unpaired) electrons. The number of piperidine rings is 1. The van der Waals surface area contributed by atoms with Gasteiger partial charge in [0.05, 0.1) is 30.7 Å².